The molecule has 0 saturated carbocycles. The van der Waals surface area contributed by atoms with Crippen LogP contribution in [0.25, 0.3) is 0 Å². The summed E-state index contributed by atoms with van der Waals surface area (Å²) in [7, 11) is -2.07. The maximum Gasteiger partial charge on any atom is 0.276 e. The molecule has 0 atom stereocenters. The molecular formula is C17H22N2O4S. The summed E-state index contributed by atoms with van der Waals surface area (Å²) in [4.78, 5) is 2.23. The van der Waals surface area contributed by atoms with Crippen LogP contribution in [0.3, 0.4) is 0 Å². The van der Waals surface area contributed by atoms with E-state index in [9.17, 15) is 8.42 Å². The molecule has 0 bridgehead atoms. The summed E-state index contributed by atoms with van der Waals surface area (Å²) in [5.41, 5.74) is 2.02. The van der Waals surface area contributed by atoms with Crippen LogP contribution in [0, 0.1) is 6.92 Å². The molecule has 0 N–H and O–H groups in total. The van der Waals surface area contributed by atoms with Crippen LogP contribution in [0.2, 0.25) is 0 Å². The molecule has 1 aromatic carbocycles. The highest BCUT2D eigenvalue weighted by atomic mass is 32.2. The number of furan rings is 1. The minimum atomic E-state index is -3.64. The highest BCUT2D eigenvalue weighted by Crippen LogP contribution is 2.25. The summed E-state index contributed by atoms with van der Waals surface area (Å²) in [6, 6.07) is 11.0. The minimum absolute atomic E-state index is 0.0219. The average molecular weight is 350 g/mol. The van der Waals surface area contributed by atoms with E-state index in [0.29, 0.717) is 19.0 Å². The molecule has 1 saturated heterocycles. The fraction of sp³-hybridized carbons (Fsp3) is 0.412. The number of anilines is 1. The van der Waals surface area contributed by atoms with E-state index in [1.807, 2.05) is 24.3 Å². The van der Waals surface area contributed by atoms with Crippen molar-refractivity contribution in [2.45, 2.75) is 18.6 Å². The van der Waals surface area contributed by atoms with E-state index in [2.05, 4.69) is 4.90 Å². The summed E-state index contributed by atoms with van der Waals surface area (Å²) < 4.78 is 37.3. The Morgan fingerprint density at radius 3 is 2.50 bits per heavy atom. The first-order valence-corrected chi connectivity index (χ1v) is 9.36. The first kappa shape index (κ1) is 17.0. The molecule has 24 heavy (non-hydrogen) atoms. The molecule has 0 amide bonds. The topological polar surface area (TPSA) is 63.0 Å². The van der Waals surface area contributed by atoms with Gasteiger partial charge in [0.25, 0.3) is 10.0 Å². The molecule has 1 aromatic heterocycles. The van der Waals surface area contributed by atoms with Gasteiger partial charge in [-0.2, -0.15) is 4.31 Å². The molecule has 2 aromatic rings. The molecule has 0 unspecified atom stereocenters. The largest absolute Gasteiger partial charge is 0.449 e. The van der Waals surface area contributed by atoms with Crippen molar-refractivity contribution in [1.82, 2.24) is 4.31 Å². The molecule has 130 valence electrons. The van der Waals surface area contributed by atoms with Crippen molar-refractivity contribution in [2.75, 3.05) is 38.3 Å². The van der Waals surface area contributed by atoms with Crippen molar-refractivity contribution in [3.63, 3.8) is 0 Å². The Balaban J connectivity index is 1.83. The summed E-state index contributed by atoms with van der Waals surface area (Å²) in [5.74, 6) is 0.579. The third-order valence-corrected chi connectivity index (χ3v) is 5.79. The molecule has 0 radical (unpaired) electrons. The Kier molecular flexibility index (Phi) is 4.93. The zero-order valence-electron chi connectivity index (χ0n) is 13.9. The number of sulfonamides is 1. The number of morpholine rings is 1. The minimum Gasteiger partial charge on any atom is -0.449 e. The molecule has 1 aliphatic rings. The Labute approximate surface area is 142 Å². The second kappa shape index (κ2) is 6.96. The number of hydrogen-bond acceptors (Lipinski definition) is 5. The lowest BCUT2D eigenvalue weighted by molar-refractivity contribution is 0.122. The van der Waals surface area contributed by atoms with E-state index in [-0.39, 0.29) is 11.6 Å². The van der Waals surface area contributed by atoms with E-state index in [1.165, 1.54) is 10.4 Å². The summed E-state index contributed by atoms with van der Waals surface area (Å²) in [6.07, 6.45) is 0. The van der Waals surface area contributed by atoms with E-state index in [4.69, 9.17) is 9.15 Å². The van der Waals surface area contributed by atoms with Crippen LogP contribution in [0.5, 0.6) is 0 Å². The van der Waals surface area contributed by atoms with Crippen LogP contribution >= 0.6 is 0 Å². The Morgan fingerprint density at radius 2 is 1.83 bits per heavy atom. The van der Waals surface area contributed by atoms with Gasteiger partial charge in [-0.3, -0.25) is 0 Å². The summed E-state index contributed by atoms with van der Waals surface area (Å²) in [5, 5.41) is -0.0219. The van der Waals surface area contributed by atoms with Gasteiger partial charge in [0.2, 0.25) is 5.09 Å². The van der Waals surface area contributed by atoms with E-state index in [1.54, 1.807) is 20.0 Å². The molecule has 0 spiro atoms. The van der Waals surface area contributed by atoms with E-state index in [0.717, 1.165) is 24.3 Å². The van der Waals surface area contributed by atoms with Gasteiger partial charge in [-0.05, 0) is 30.7 Å². The van der Waals surface area contributed by atoms with Gasteiger partial charge in [-0.1, -0.05) is 18.2 Å². The van der Waals surface area contributed by atoms with Crippen molar-refractivity contribution in [3.8, 4) is 0 Å². The zero-order valence-corrected chi connectivity index (χ0v) is 14.8. The van der Waals surface area contributed by atoms with Gasteiger partial charge in [0.15, 0.2) is 0 Å². The molecule has 3 rings (SSSR count). The lowest BCUT2D eigenvalue weighted by atomic mass is 10.1. The lowest BCUT2D eigenvalue weighted by Gasteiger charge is -2.31. The molecule has 2 heterocycles. The Hall–Kier alpha value is -1.83. The van der Waals surface area contributed by atoms with Crippen molar-refractivity contribution >= 4 is 15.7 Å². The number of hydrogen-bond donors (Lipinski definition) is 0. The zero-order chi connectivity index (χ0) is 17.2. The molecule has 1 fully saturated rings. The predicted molar refractivity (Wildman–Crippen MR) is 91.6 cm³/mol. The van der Waals surface area contributed by atoms with Crippen LogP contribution in [0.4, 0.5) is 5.69 Å². The normalized spacial score (nSPS) is 15.9. The van der Waals surface area contributed by atoms with Crippen LogP contribution in [0.15, 0.2) is 45.9 Å². The van der Waals surface area contributed by atoms with Crippen molar-refractivity contribution in [3.05, 3.63) is 47.7 Å². The molecule has 0 aliphatic carbocycles. The average Bonchev–Trinajstić information content (AvgIpc) is 3.03. The van der Waals surface area contributed by atoms with Crippen molar-refractivity contribution in [2.24, 2.45) is 0 Å². The van der Waals surface area contributed by atoms with Crippen LogP contribution < -0.4 is 4.90 Å². The fourth-order valence-corrected chi connectivity index (χ4v) is 3.88. The molecule has 7 heteroatoms. The smallest absolute Gasteiger partial charge is 0.276 e. The number of ether oxygens (including phenoxy) is 1. The summed E-state index contributed by atoms with van der Waals surface area (Å²) in [6.45, 7) is 5.01. The van der Waals surface area contributed by atoms with Crippen molar-refractivity contribution in [1.29, 1.82) is 0 Å². The molecule has 1 aliphatic heterocycles. The second-order valence-electron chi connectivity index (χ2n) is 5.85. The quantitative estimate of drug-likeness (QED) is 0.828. The highest BCUT2D eigenvalue weighted by molar-refractivity contribution is 7.88. The van der Waals surface area contributed by atoms with Gasteiger partial charge in [0.05, 0.1) is 13.2 Å². The van der Waals surface area contributed by atoms with E-state index < -0.39 is 10.0 Å². The van der Waals surface area contributed by atoms with Crippen molar-refractivity contribution < 1.29 is 17.6 Å². The van der Waals surface area contributed by atoms with Gasteiger partial charge in [0.1, 0.15) is 5.76 Å². The highest BCUT2D eigenvalue weighted by Gasteiger charge is 2.25. The Bertz CT molecular complexity index is 794. The van der Waals surface area contributed by atoms with Gasteiger partial charge in [-0.25, -0.2) is 8.42 Å². The fourth-order valence-electron chi connectivity index (χ4n) is 2.79. The van der Waals surface area contributed by atoms with Crippen LogP contribution in [-0.4, -0.2) is 46.1 Å². The predicted octanol–water partition coefficient (Wildman–Crippen LogP) is 2.25. The third kappa shape index (κ3) is 3.48. The standard InChI is InChI=1S/C17H22N2O4S/c1-14-7-8-17(23-14)24(20,21)18(2)13-15-5-3-4-6-16(15)19-9-11-22-12-10-19/h3-8H,9-13H2,1-2H3. The maximum atomic E-state index is 12.6. The molecule has 6 nitrogen and oxygen atoms in total. The Morgan fingerprint density at radius 1 is 1.12 bits per heavy atom. The number of aryl methyl sites for hydroxylation is 1. The number of benzene rings is 1. The SMILES string of the molecule is Cc1ccc(S(=O)(=O)N(C)Cc2ccccc2N2CCOCC2)o1. The number of nitrogens with zero attached hydrogens (tertiary/aromatic N) is 2. The second-order valence-corrected chi connectivity index (χ2v) is 7.83. The number of para-hydroxylation sites is 1. The third-order valence-electron chi connectivity index (χ3n) is 4.12. The first-order valence-electron chi connectivity index (χ1n) is 7.92. The van der Waals surface area contributed by atoms with Crippen LogP contribution in [-0.2, 0) is 21.3 Å². The summed E-state index contributed by atoms with van der Waals surface area (Å²) >= 11 is 0. The van der Waals surface area contributed by atoms with Gasteiger partial charge < -0.3 is 14.1 Å². The lowest BCUT2D eigenvalue weighted by Crippen LogP contribution is -2.37. The first-order chi connectivity index (χ1) is 11.5. The van der Waals surface area contributed by atoms with Gasteiger partial charge in [0, 0.05) is 32.4 Å². The monoisotopic (exact) mass is 350 g/mol. The maximum absolute atomic E-state index is 12.6. The molecular weight excluding hydrogens is 328 g/mol. The number of rotatable bonds is 5. The van der Waals surface area contributed by atoms with E-state index >= 15 is 0 Å². The van der Waals surface area contributed by atoms with Gasteiger partial charge >= 0.3 is 0 Å². The van der Waals surface area contributed by atoms with Gasteiger partial charge in [-0.15, -0.1) is 0 Å². The van der Waals surface area contributed by atoms with Crippen LogP contribution in [0.1, 0.15) is 11.3 Å².